The van der Waals surface area contributed by atoms with Gasteiger partial charge in [0, 0.05) is 24.1 Å². The van der Waals surface area contributed by atoms with Crippen molar-refractivity contribution in [2.45, 2.75) is 77.3 Å². The third kappa shape index (κ3) is 2.20. The summed E-state index contributed by atoms with van der Waals surface area (Å²) < 4.78 is 0. The van der Waals surface area contributed by atoms with Gasteiger partial charge in [0.1, 0.15) is 0 Å². The second-order valence-corrected chi connectivity index (χ2v) is 9.74. The quantitative estimate of drug-likeness (QED) is 0.680. The fourth-order valence-corrected chi connectivity index (χ4v) is 7.64. The monoisotopic (exact) mass is 332 g/mol. The Balaban J connectivity index is 1.67. The van der Waals surface area contributed by atoms with Gasteiger partial charge in [-0.2, -0.15) is 0 Å². The average Bonchev–Trinajstić information content (AvgIpc) is 2.95. The van der Waals surface area contributed by atoms with Crippen LogP contribution in [0.2, 0.25) is 0 Å². The van der Waals surface area contributed by atoms with Crippen LogP contribution in [0, 0.1) is 34.5 Å². The molecule has 0 aromatic rings. The van der Waals surface area contributed by atoms with E-state index in [4.69, 9.17) is 11.5 Å². The van der Waals surface area contributed by atoms with Gasteiger partial charge in [-0.1, -0.05) is 18.6 Å². The minimum atomic E-state index is 0.0993. The van der Waals surface area contributed by atoms with Gasteiger partial charge in [-0.05, 0) is 87.4 Å². The second-order valence-electron chi connectivity index (χ2n) is 9.74. The highest BCUT2D eigenvalue weighted by Crippen LogP contribution is 2.66. The summed E-state index contributed by atoms with van der Waals surface area (Å²) in [6.45, 7) is 5.01. The van der Waals surface area contributed by atoms with E-state index in [1.54, 1.807) is 5.57 Å². The topological polar surface area (TPSA) is 72.3 Å². The van der Waals surface area contributed by atoms with E-state index < -0.39 is 0 Å². The Labute approximate surface area is 147 Å². The largest absolute Gasteiger partial charge is 0.396 e. The van der Waals surface area contributed by atoms with E-state index in [2.05, 4.69) is 19.9 Å². The molecule has 136 valence electrons. The zero-order valence-corrected chi connectivity index (χ0v) is 15.5. The predicted molar refractivity (Wildman–Crippen MR) is 98.2 cm³/mol. The molecule has 3 heteroatoms. The molecule has 0 aromatic carbocycles. The molecule has 0 radical (unpaired) electrons. The molecule has 4 aliphatic rings. The smallest absolute Gasteiger partial charge is 0.0493 e. The Kier molecular flexibility index (Phi) is 4.14. The molecule has 0 saturated heterocycles. The molecule has 0 heterocycles. The summed E-state index contributed by atoms with van der Waals surface area (Å²) >= 11 is 0. The molecular weight excluding hydrogens is 296 g/mol. The van der Waals surface area contributed by atoms with Crippen LogP contribution in [0.25, 0.3) is 0 Å². The van der Waals surface area contributed by atoms with E-state index in [-0.39, 0.29) is 11.5 Å². The molecule has 3 saturated carbocycles. The molecule has 4 rings (SSSR count). The standard InChI is InChI=1S/C21H36N2O/c1-13(22)17-5-6-19-16-4-3-14-11-15(23)7-9-20(14,2)18(16)8-10-21(17,19)12-24/h3,13,15-19,24H,4-12,22-23H2,1-2H3/t13-,15-,16-,17-,18+,19-,20-,21+/m1/s1. The van der Waals surface area contributed by atoms with Gasteiger partial charge in [0.2, 0.25) is 0 Å². The van der Waals surface area contributed by atoms with Crippen LogP contribution in [-0.2, 0) is 0 Å². The molecule has 5 N–H and O–H groups in total. The van der Waals surface area contributed by atoms with Gasteiger partial charge in [0.05, 0.1) is 0 Å². The van der Waals surface area contributed by atoms with Crippen LogP contribution in [0.1, 0.15) is 65.2 Å². The third-order valence-electron chi connectivity index (χ3n) is 8.85. The maximum Gasteiger partial charge on any atom is 0.0493 e. The number of allylic oxidation sites excluding steroid dienone is 1. The highest BCUT2D eigenvalue weighted by atomic mass is 16.3. The van der Waals surface area contributed by atoms with Gasteiger partial charge in [-0.15, -0.1) is 0 Å². The molecule has 0 aromatic heterocycles. The molecule has 0 amide bonds. The van der Waals surface area contributed by atoms with Crippen LogP contribution in [-0.4, -0.2) is 23.8 Å². The Morgan fingerprint density at radius 1 is 1.21 bits per heavy atom. The second kappa shape index (κ2) is 5.82. The molecular formula is C21H36N2O. The van der Waals surface area contributed by atoms with Crippen molar-refractivity contribution >= 4 is 0 Å². The summed E-state index contributed by atoms with van der Waals surface area (Å²) in [5.41, 5.74) is 14.7. The van der Waals surface area contributed by atoms with E-state index >= 15 is 0 Å². The lowest BCUT2D eigenvalue weighted by Gasteiger charge is -2.58. The van der Waals surface area contributed by atoms with Crippen LogP contribution in [0.3, 0.4) is 0 Å². The maximum absolute atomic E-state index is 10.4. The Morgan fingerprint density at radius 3 is 2.71 bits per heavy atom. The van der Waals surface area contributed by atoms with Gasteiger partial charge >= 0.3 is 0 Å². The van der Waals surface area contributed by atoms with Crippen molar-refractivity contribution in [3.05, 3.63) is 11.6 Å². The van der Waals surface area contributed by atoms with Crippen LogP contribution in [0.4, 0.5) is 0 Å². The van der Waals surface area contributed by atoms with Gasteiger partial charge in [-0.3, -0.25) is 0 Å². The Hall–Kier alpha value is -0.380. The van der Waals surface area contributed by atoms with Gasteiger partial charge in [-0.25, -0.2) is 0 Å². The van der Waals surface area contributed by atoms with Crippen molar-refractivity contribution in [2.75, 3.05) is 6.61 Å². The first-order valence-corrected chi connectivity index (χ1v) is 10.2. The van der Waals surface area contributed by atoms with Crippen LogP contribution in [0.5, 0.6) is 0 Å². The van der Waals surface area contributed by atoms with E-state index in [0.29, 0.717) is 29.9 Å². The molecule has 4 aliphatic carbocycles. The molecule has 0 bridgehead atoms. The van der Waals surface area contributed by atoms with Crippen LogP contribution in [0.15, 0.2) is 11.6 Å². The predicted octanol–water partition coefficient (Wildman–Crippen LogP) is 3.21. The third-order valence-corrected chi connectivity index (χ3v) is 8.85. The summed E-state index contributed by atoms with van der Waals surface area (Å²) in [6.07, 6.45) is 12.2. The molecule has 24 heavy (non-hydrogen) atoms. The van der Waals surface area contributed by atoms with Crippen LogP contribution >= 0.6 is 0 Å². The van der Waals surface area contributed by atoms with Gasteiger partial charge in [0.25, 0.3) is 0 Å². The van der Waals surface area contributed by atoms with E-state index in [1.165, 1.54) is 44.9 Å². The fourth-order valence-electron chi connectivity index (χ4n) is 7.64. The number of aliphatic hydroxyl groups is 1. The Morgan fingerprint density at radius 2 is 2.00 bits per heavy atom. The van der Waals surface area contributed by atoms with Crippen molar-refractivity contribution in [3.63, 3.8) is 0 Å². The van der Waals surface area contributed by atoms with Crippen molar-refractivity contribution in [1.29, 1.82) is 0 Å². The van der Waals surface area contributed by atoms with Gasteiger partial charge < -0.3 is 16.6 Å². The fraction of sp³-hybridized carbons (Fsp3) is 0.905. The molecule has 0 unspecified atom stereocenters. The van der Waals surface area contributed by atoms with Crippen LogP contribution < -0.4 is 11.5 Å². The van der Waals surface area contributed by atoms with E-state index in [0.717, 1.165) is 18.3 Å². The zero-order chi connectivity index (χ0) is 17.1. The number of hydrogen-bond acceptors (Lipinski definition) is 3. The summed E-state index contributed by atoms with van der Waals surface area (Å²) in [4.78, 5) is 0. The minimum Gasteiger partial charge on any atom is -0.396 e. The zero-order valence-electron chi connectivity index (χ0n) is 15.5. The average molecular weight is 333 g/mol. The first-order valence-electron chi connectivity index (χ1n) is 10.2. The van der Waals surface area contributed by atoms with E-state index in [1.807, 2.05) is 0 Å². The first-order chi connectivity index (χ1) is 11.4. The maximum atomic E-state index is 10.4. The number of hydrogen-bond donors (Lipinski definition) is 3. The van der Waals surface area contributed by atoms with Gasteiger partial charge in [0.15, 0.2) is 0 Å². The minimum absolute atomic E-state index is 0.0993. The number of aliphatic hydroxyl groups excluding tert-OH is 1. The van der Waals surface area contributed by atoms with Crippen molar-refractivity contribution < 1.29 is 5.11 Å². The number of fused-ring (bicyclic) bond motifs is 5. The summed E-state index contributed by atoms with van der Waals surface area (Å²) in [5, 5.41) is 10.4. The lowest BCUT2D eigenvalue weighted by molar-refractivity contribution is -0.0802. The first kappa shape index (κ1) is 17.1. The van der Waals surface area contributed by atoms with Crippen molar-refractivity contribution in [2.24, 2.45) is 46.0 Å². The number of nitrogens with two attached hydrogens (primary N) is 2. The summed E-state index contributed by atoms with van der Waals surface area (Å²) in [5.74, 6) is 2.72. The normalized spacial score (nSPS) is 52.0. The SMILES string of the molecule is C[C@@H](N)[C@H]1CC[C@@H]2[C@@H]3CC=C4C[C@H](N)CC[C@@]4(C)[C@H]3CC[C@@]21CO. The highest BCUT2D eigenvalue weighted by Gasteiger charge is 2.60. The number of rotatable bonds is 2. The molecule has 3 nitrogen and oxygen atoms in total. The summed E-state index contributed by atoms with van der Waals surface area (Å²) in [6, 6.07) is 0.576. The van der Waals surface area contributed by atoms with Crippen molar-refractivity contribution in [3.8, 4) is 0 Å². The lowest BCUT2D eigenvalue weighted by atomic mass is 9.47. The molecule has 8 atom stereocenters. The molecule has 0 spiro atoms. The summed E-state index contributed by atoms with van der Waals surface area (Å²) in [7, 11) is 0. The lowest BCUT2D eigenvalue weighted by Crippen LogP contribution is -2.54. The Bertz CT molecular complexity index is 530. The highest BCUT2D eigenvalue weighted by molar-refractivity contribution is 5.26. The molecule has 0 aliphatic heterocycles. The molecule has 3 fully saturated rings. The van der Waals surface area contributed by atoms with Crippen molar-refractivity contribution in [1.82, 2.24) is 0 Å². The van der Waals surface area contributed by atoms with E-state index in [9.17, 15) is 5.11 Å².